The third-order valence-electron chi connectivity index (χ3n) is 9.41. The van der Waals surface area contributed by atoms with Crippen LogP contribution in [0.3, 0.4) is 0 Å². The first-order chi connectivity index (χ1) is 27.5. The molecule has 3 heterocycles. The summed E-state index contributed by atoms with van der Waals surface area (Å²) in [6, 6.07) is 26.4. The molecule has 0 spiro atoms. The molecule has 2 aliphatic heterocycles. The SMILES string of the molecule is CC(C)CC1C(=O)NC(C(=O)NCc2ccc(CNC(=O)c3ccc(C(=NN)c4ccccc4)nc3)cc2)Cc2ccc(cc2)OCCCC1C(=O)NOS(=O)O. The lowest BCUT2D eigenvalue weighted by atomic mass is 9.81. The largest absolute Gasteiger partial charge is 0.494 e. The van der Waals surface area contributed by atoms with Crippen molar-refractivity contribution in [1.82, 2.24) is 26.4 Å². The molecule has 0 radical (unpaired) electrons. The average Bonchev–Trinajstić information content (AvgIpc) is 3.21. The van der Waals surface area contributed by atoms with Crippen molar-refractivity contribution in [3.63, 3.8) is 0 Å². The van der Waals surface area contributed by atoms with Gasteiger partial charge in [-0.05, 0) is 66.1 Å². The van der Waals surface area contributed by atoms with Crippen LogP contribution >= 0.6 is 0 Å². The van der Waals surface area contributed by atoms with Crippen molar-refractivity contribution in [3.05, 3.63) is 131 Å². The third-order valence-corrected chi connectivity index (χ3v) is 9.64. The van der Waals surface area contributed by atoms with E-state index in [4.69, 9.17) is 15.1 Å². The summed E-state index contributed by atoms with van der Waals surface area (Å²) < 4.78 is 30.5. The van der Waals surface area contributed by atoms with E-state index < -0.39 is 47.0 Å². The highest BCUT2D eigenvalue weighted by atomic mass is 32.2. The average molecular weight is 798 g/mol. The molecule has 6 rings (SSSR count). The number of hydrazone groups is 1. The summed E-state index contributed by atoms with van der Waals surface area (Å²) in [7, 11) is 0. The van der Waals surface area contributed by atoms with Gasteiger partial charge in [-0.1, -0.05) is 80.6 Å². The maximum Gasteiger partial charge on any atom is 0.324 e. The van der Waals surface area contributed by atoms with E-state index in [1.54, 1.807) is 24.3 Å². The molecule has 15 nitrogen and oxygen atoms in total. The molecule has 0 aliphatic carbocycles. The lowest BCUT2D eigenvalue weighted by molar-refractivity contribution is -0.141. The van der Waals surface area contributed by atoms with Crippen LogP contribution in [0, 0.1) is 17.8 Å². The lowest BCUT2D eigenvalue weighted by Gasteiger charge is -2.29. The van der Waals surface area contributed by atoms with Crippen molar-refractivity contribution in [3.8, 4) is 5.75 Å². The fourth-order valence-electron chi connectivity index (χ4n) is 6.49. The number of carbonyl (C=O) groups is 4. The Kier molecular flexibility index (Phi) is 15.4. The predicted octanol–water partition coefficient (Wildman–Crippen LogP) is 3.70. The van der Waals surface area contributed by atoms with Gasteiger partial charge in [0.15, 0.2) is 0 Å². The Balaban J connectivity index is 1.22. The normalized spacial score (nSPS) is 18.1. The van der Waals surface area contributed by atoms with Crippen LogP contribution in [-0.2, 0) is 49.5 Å². The third kappa shape index (κ3) is 12.5. The summed E-state index contributed by atoms with van der Waals surface area (Å²) in [5.74, 6) is 2.48. The Bertz CT molecular complexity index is 2030. The summed E-state index contributed by atoms with van der Waals surface area (Å²) >= 11 is -2.75. The molecule has 2 aliphatic rings. The van der Waals surface area contributed by atoms with Crippen LogP contribution in [0.2, 0.25) is 0 Å². The number of pyridine rings is 1. The van der Waals surface area contributed by atoms with Gasteiger partial charge in [0.1, 0.15) is 17.5 Å². The Hall–Kier alpha value is -5.97. The van der Waals surface area contributed by atoms with Crippen molar-refractivity contribution in [2.75, 3.05) is 6.61 Å². The molecule has 4 unspecified atom stereocenters. The number of nitrogens with one attached hydrogen (secondary N) is 4. The molecular weight excluding hydrogens is 751 g/mol. The fraction of sp³-hybridized carbons (Fsp3) is 0.317. The van der Waals surface area contributed by atoms with Crippen LogP contribution in [0.5, 0.6) is 5.75 Å². The van der Waals surface area contributed by atoms with E-state index in [0.29, 0.717) is 35.6 Å². The predicted molar refractivity (Wildman–Crippen MR) is 213 cm³/mol. The number of nitrogens with two attached hydrogens (primary N) is 1. The van der Waals surface area contributed by atoms with E-state index in [9.17, 15) is 23.4 Å². The molecule has 4 amide bonds. The number of hydrogen-bond acceptors (Lipinski definition) is 10. The van der Waals surface area contributed by atoms with E-state index in [-0.39, 0.29) is 44.4 Å². The van der Waals surface area contributed by atoms with Crippen LogP contribution in [-0.4, -0.2) is 55.7 Å². The van der Waals surface area contributed by atoms with E-state index in [0.717, 1.165) is 22.3 Å². The monoisotopic (exact) mass is 797 g/mol. The highest BCUT2D eigenvalue weighted by Crippen LogP contribution is 2.27. The van der Waals surface area contributed by atoms with Gasteiger partial charge in [0.25, 0.3) is 5.91 Å². The van der Waals surface area contributed by atoms with Gasteiger partial charge in [-0.25, -0.2) is 5.48 Å². The molecule has 1 aromatic heterocycles. The maximum atomic E-state index is 14.0. The van der Waals surface area contributed by atoms with Crippen LogP contribution in [0.15, 0.2) is 102 Å². The fourth-order valence-corrected chi connectivity index (χ4v) is 6.65. The zero-order valence-electron chi connectivity index (χ0n) is 31.7. The summed E-state index contributed by atoms with van der Waals surface area (Å²) in [4.78, 5) is 58.2. The highest BCUT2D eigenvalue weighted by molar-refractivity contribution is 7.74. The molecule has 4 aromatic rings. The van der Waals surface area contributed by atoms with Crippen molar-refractivity contribution in [2.24, 2.45) is 28.7 Å². The molecule has 300 valence electrons. The van der Waals surface area contributed by atoms with Gasteiger partial charge < -0.3 is 26.5 Å². The van der Waals surface area contributed by atoms with Gasteiger partial charge >= 0.3 is 11.4 Å². The number of ether oxygens (including phenoxy) is 1. The molecule has 0 fully saturated rings. The number of hydroxylamine groups is 1. The van der Waals surface area contributed by atoms with Crippen LogP contribution < -0.4 is 32.0 Å². The molecule has 16 heteroatoms. The van der Waals surface area contributed by atoms with Crippen molar-refractivity contribution in [1.29, 1.82) is 0 Å². The van der Waals surface area contributed by atoms with Crippen LogP contribution in [0.4, 0.5) is 0 Å². The number of fused-ring (bicyclic) bond motifs is 11. The zero-order valence-corrected chi connectivity index (χ0v) is 32.5. The minimum atomic E-state index is -2.75. The lowest BCUT2D eigenvalue weighted by Crippen LogP contribution is -2.52. The first-order valence-corrected chi connectivity index (χ1v) is 19.6. The Morgan fingerprint density at radius 3 is 2.25 bits per heavy atom. The summed E-state index contributed by atoms with van der Waals surface area (Å²) in [6.07, 6.45) is 2.58. The zero-order chi connectivity index (χ0) is 40.7. The highest BCUT2D eigenvalue weighted by Gasteiger charge is 2.36. The first kappa shape index (κ1) is 42.2. The number of aromatic nitrogens is 1. The Morgan fingerprint density at radius 1 is 0.947 bits per heavy atom. The van der Waals surface area contributed by atoms with Gasteiger partial charge in [0.2, 0.25) is 17.7 Å². The maximum absolute atomic E-state index is 14.0. The van der Waals surface area contributed by atoms with Crippen molar-refractivity contribution >= 4 is 40.7 Å². The van der Waals surface area contributed by atoms with Crippen molar-refractivity contribution < 1.29 is 37.0 Å². The Morgan fingerprint density at radius 2 is 1.63 bits per heavy atom. The molecule has 57 heavy (non-hydrogen) atoms. The Labute approximate surface area is 333 Å². The van der Waals surface area contributed by atoms with E-state index >= 15 is 0 Å². The molecule has 0 saturated heterocycles. The second-order valence-electron chi connectivity index (χ2n) is 14.0. The number of nitrogens with zero attached hydrogens (tertiary/aromatic N) is 2. The van der Waals surface area contributed by atoms with Gasteiger partial charge in [-0.15, -0.1) is 4.28 Å². The molecular formula is C41H47N7O8S. The molecule has 2 bridgehead atoms. The van der Waals surface area contributed by atoms with E-state index in [2.05, 4.69) is 30.3 Å². The van der Waals surface area contributed by atoms with E-state index in [1.165, 1.54) is 6.20 Å². The molecule has 3 aromatic carbocycles. The van der Waals surface area contributed by atoms with Crippen molar-refractivity contribution in [2.45, 2.75) is 58.7 Å². The number of rotatable bonds is 13. The molecule has 7 N–H and O–H groups in total. The van der Waals surface area contributed by atoms with Crippen LogP contribution in [0.25, 0.3) is 0 Å². The van der Waals surface area contributed by atoms with Gasteiger partial charge in [-0.3, -0.25) is 28.7 Å². The smallest absolute Gasteiger partial charge is 0.324 e. The van der Waals surface area contributed by atoms with Gasteiger partial charge in [-0.2, -0.15) is 9.31 Å². The topological polar surface area (TPSA) is 223 Å². The minimum Gasteiger partial charge on any atom is -0.494 e. The quantitative estimate of drug-likeness (QED) is 0.0498. The summed E-state index contributed by atoms with van der Waals surface area (Å²) in [6.45, 7) is 4.53. The number of benzene rings is 3. The summed E-state index contributed by atoms with van der Waals surface area (Å²) in [5, 5.41) is 12.6. The molecule has 4 atom stereocenters. The number of carbonyl (C=O) groups excluding carboxylic acids is 4. The molecule has 0 saturated carbocycles. The van der Waals surface area contributed by atoms with Gasteiger partial charge in [0, 0.05) is 37.2 Å². The second-order valence-corrected chi connectivity index (χ2v) is 14.6. The summed E-state index contributed by atoms with van der Waals surface area (Å²) in [5.41, 5.74) is 6.63. The second kappa shape index (κ2) is 20.8. The number of hydrogen-bond donors (Lipinski definition) is 6. The first-order valence-electron chi connectivity index (χ1n) is 18.5. The number of amides is 4. The van der Waals surface area contributed by atoms with Crippen LogP contribution in [0.1, 0.15) is 71.4 Å². The standard InChI is InChI=1S/C41H47N7O8S/c1-26(2)21-34-33(40(51)48-56-57(53)54)9-6-20-55-32-17-14-27(15-18-32)22-36(46-39(34)50)41(52)45-24-29-12-10-28(11-13-29)23-44-38(49)31-16-19-35(43-25-31)37(47-42)30-7-4-3-5-8-30/h3-5,7-8,10-19,25-26,33-34,36H,6,9,20-24,42H2,1-2H3,(H,44,49)(H,45,52)(H,46,50)(H,48,51)(H,53,54). The minimum absolute atomic E-state index is 0.00334. The van der Waals surface area contributed by atoms with Gasteiger partial charge in [0.05, 0.1) is 23.8 Å². The van der Waals surface area contributed by atoms with E-state index in [1.807, 2.05) is 86.1 Å².